The molecule has 3 aromatic rings. The van der Waals surface area contributed by atoms with Gasteiger partial charge in [-0.05, 0) is 44.2 Å². The third-order valence-corrected chi connectivity index (χ3v) is 3.83. The highest BCUT2D eigenvalue weighted by Crippen LogP contribution is 2.13. The first-order valence-corrected chi connectivity index (χ1v) is 7.51. The summed E-state index contributed by atoms with van der Waals surface area (Å²) in [6.45, 7) is 3.58. The van der Waals surface area contributed by atoms with Crippen LogP contribution in [0.4, 0.5) is 0 Å². The van der Waals surface area contributed by atoms with Crippen molar-refractivity contribution in [3.63, 3.8) is 0 Å². The largest absolute Gasteiger partial charge is 0.346 e. The molecule has 122 valence electrons. The van der Waals surface area contributed by atoms with Crippen LogP contribution in [-0.2, 0) is 13.6 Å². The molecular weight excluding hydrogens is 306 g/mol. The zero-order valence-corrected chi connectivity index (χ0v) is 13.7. The van der Waals surface area contributed by atoms with E-state index in [9.17, 15) is 9.59 Å². The van der Waals surface area contributed by atoms with Crippen LogP contribution < -0.4 is 5.32 Å². The topological polar surface area (TPSA) is 89.8 Å². The number of Topliss-reactive ketones (excluding diaryl/α,β-unsaturated/α-hetero) is 1. The Labute approximate surface area is 138 Å². The highest BCUT2D eigenvalue weighted by Gasteiger charge is 2.10. The van der Waals surface area contributed by atoms with Crippen LogP contribution in [0.2, 0.25) is 0 Å². The number of nitrogens with zero attached hydrogens (tertiary/aromatic N) is 4. The molecular formula is C17H17N5O2. The molecule has 0 spiro atoms. The van der Waals surface area contributed by atoms with Gasteiger partial charge in [-0.2, -0.15) is 0 Å². The second kappa shape index (κ2) is 6.19. The van der Waals surface area contributed by atoms with Crippen molar-refractivity contribution in [3.05, 3.63) is 52.8 Å². The Kier molecular flexibility index (Phi) is 4.07. The molecule has 2 aromatic heterocycles. The van der Waals surface area contributed by atoms with Gasteiger partial charge in [-0.15, -0.1) is 5.10 Å². The Morgan fingerprint density at radius 3 is 2.71 bits per heavy atom. The number of pyridine rings is 1. The van der Waals surface area contributed by atoms with E-state index in [4.69, 9.17) is 0 Å². The standard InChI is InChI=1S/C17H17N5O2/c1-10-14(11(2)23)6-5-13(19-10)9-18-17(24)12-4-7-16-15(8-12)20-21-22(16)3/h4-8H,9H2,1-3H3,(H,18,24). The van der Waals surface area contributed by atoms with Crippen LogP contribution in [0.1, 0.15) is 39.0 Å². The summed E-state index contributed by atoms with van der Waals surface area (Å²) in [5, 5.41) is 10.7. The quantitative estimate of drug-likeness (QED) is 0.740. The number of ketones is 1. The van der Waals surface area contributed by atoms with Gasteiger partial charge < -0.3 is 5.32 Å². The van der Waals surface area contributed by atoms with Gasteiger partial charge in [0, 0.05) is 23.9 Å². The lowest BCUT2D eigenvalue weighted by atomic mass is 10.1. The maximum Gasteiger partial charge on any atom is 0.251 e. The third kappa shape index (κ3) is 3.01. The van der Waals surface area contributed by atoms with Crippen molar-refractivity contribution in [2.24, 2.45) is 7.05 Å². The average Bonchev–Trinajstić information content (AvgIpc) is 2.93. The van der Waals surface area contributed by atoms with Gasteiger partial charge in [0.25, 0.3) is 5.91 Å². The maximum atomic E-state index is 12.3. The first kappa shape index (κ1) is 15.8. The number of rotatable bonds is 4. The minimum absolute atomic E-state index is 0.0205. The summed E-state index contributed by atoms with van der Waals surface area (Å²) < 4.78 is 1.65. The van der Waals surface area contributed by atoms with Crippen LogP contribution in [0.25, 0.3) is 11.0 Å². The van der Waals surface area contributed by atoms with Crippen molar-refractivity contribution in [1.29, 1.82) is 0 Å². The van der Waals surface area contributed by atoms with E-state index in [-0.39, 0.29) is 18.2 Å². The summed E-state index contributed by atoms with van der Waals surface area (Å²) in [4.78, 5) is 28.0. The molecule has 7 heteroatoms. The molecule has 1 amide bonds. The van der Waals surface area contributed by atoms with Gasteiger partial charge in [0.2, 0.25) is 0 Å². The zero-order chi connectivity index (χ0) is 17.3. The first-order chi connectivity index (χ1) is 11.5. The summed E-state index contributed by atoms with van der Waals surface area (Å²) in [6, 6.07) is 8.73. The highest BCUT2D eigenvalue weighted by atomic mass is 16.1. The number of hydrogen-bond acceptors (Lipinski definition) is 5. The van der Waals surface area contributed by atoms with E-state index < -0.39 is 0 Å². The predicted molar refractivity (Wildman–Crippen MR) is 88.7 cm³/mol. The Hall–Kier alpha value is -3.09. The van der Waals surface area contributed by atoms with Crippen LogP contribution >= 0.6 is 0 Å². The Bertz CT molecular complexity index is 945. The van der Waals surface area contributed by atoms with Gasteiger partial charge in [0.1, 0.15) is 5.52 Å². The molecule has 24 heavy (non-hydrogen) atoms. The number of amides is 1. The van der Waals surface area contributed by atoms with E-state index in [0.717, 1.165) is 5.52 Å². The molecule has 7 nitrogen and oxygen atoms in total. The number of carbonyl (C=O) groups excluding carboxylic acids is 2. The maximum absolute atomic E-state index is 12.3. The number of aryl methyl sites for hydroxylation is 2. The lowest BCUT2D eigenvalue weighted by Gasteiger charge is -2.07. The van der Waals surface area contributed by atoms with Crippen molar-refractivity contribution in [2.75, 3.05) is 0 Å². The van der Waals surface area contributed by atoms with Crippen LogP contribution in [0, 0.1) is 6.92 Å². The third-order valence-electron chi connectivity index (χ3n) is 3.83. The molecule has 0 radical (unpaired) electrons. The normalized spacial score (nSPS) is 10.8. The van der Waals surface area contributed by atoms with Crippen molar-refractivity contribution < 1.29 is 9.59 Å². The second-order valence-corrected chi connectivity index (χ2v) is 5.59. The number of benzene rings is 1. The number of fused-ring (bicyclic) bond motifs is 1. The second-order valence-electron chi connectivity index (χ2n) is 5.59. The summed E-state index contributed by atoms with van der Waals surface area (Å²) in [5.41, 5.74) is 4.01. The van der Waals surface area contributed by atoms with E-state index in [1.165, 1.54) is 6.92 Å². The molecule has 0 fully saturated rings. The first-order valence-electron chi connectivity index (χ1n) is 7.51. The molecule has 0 atom stereocenters. The van der Waals surface area contributed by atoms with Gasteiger partial charge in [-0.3, -0.25) is 14.6 Å². The molecule has 0 aliphatic rings. The molecule has 0 unspecified atom stereocenters. The fourth-order valence-corrected chi connectivity index (χ4v) is 2.54. The molecule has 0 aliphatic heterocycles. The van der Waals surface area contributed by atoms with Crippen LogP contribution in [0.15, 0.2) is 30.3 Å². The smallest absolute Gasteiger partial charge is 0.251 e. The highest BCUT2D eigenvalue weighted by molar-refractivity contribution is 5.97. The minimum atomic E-state index is -0.211. The van der Waals surface area contributed by atoms with Gasteiger partial charge in [-0.25, -0.2) is 4.68 Å². The predicted octanol–water partition coefficient (Wildman–Crippen LogP) is 1.80. The van der Waals surface area contributed by atoms with E-state index in [1.54, 1.807) is 42.9 Å². The molecule has 0 bridgehead atoms. The minimum Gasteiger partial charge on any atom is -0.346 e. The number of carbonyl (C=O) groups is 2. The van der Waals surface area contributed by atoms with Crippen LogP contribution in [0.5, 0.6) is 0 Å². The Morgan fingerprint density at radius 2 is 2.00 bits per heavy atom. The monoisotopic (exact) mass is 323 g/mol. The van der Waals surface area contributed by atoms with Crippen molar-refractivity contribution in [2.45, 2.75) is 20.4 Å². The van der Waals surface area contributed by atoms with Crippen LogP contribution in [-0.4, -0.2) is 31.7 Å². The molecule has 0 saturated heterocycles. The Balaban J connectivity index is 1.72. The molecule has 2 heterocycles. The molecule has 1 N–H and O–H groups in total. The van der Waals surface area contributed by atoms with E-state index in [2.05, 4.69) is 20.6 Å². The van der Waals surface area contributed by atoms with Crippen LogP contribution in [0.3, 0.4) is 0 Å². The lowest BCUT2D eigenvalue weighted by Crippen LogP contribution is -2.23. The van der Waals surface area contributed by atoms with Crippen molar-refractivity contribution >= 4 is 22.7 Å². The number of aromatic nitrogens is 4. The lowest BCUT2D eigenvalue weighted by molar-refractivity contribution is 0.0949. The number of hydrogen-bond donors (Lipinski definition) is 1. The summed E-state index contributed by atoms with van der Waals surface area (Å²) in [5.74, 6) is -0.231. The number of nitrogens with one attached hydrogen (secondary N) is 1. The van der Waals surface area contributed by atoms with Gasteiger partial charge in [-0.1, -0.05) is 5.21 Å². The average molecular weight is 323 g/mol. The Morgan fingerprint density at radius 1 is 1.21 bits per heavy atom. The zero-order valence-electron chi connectivity index (χ0n) is 13.7. The van der Waals surface area contributed by atoms with Gasteiger partial charge in [0.05, 0.1) is 17.8 Å². The molecule has 0 saturated carbocycles. The summed E-state index contributed by atoms with van der Waals surface area (Å²) in [6.07, 6.45) is 0. The van der Waals surface area contributed by atoms with Gasteiger partial charge >= 0.3 is 0 Å². The molecule has 0 aliphatic carbocycles. The molecule has 3 rings (SSSR count). The SMILES string of the molecule is CC(=O)c1ccc(CNC(=O)c2ccc3c(c2)nnn3C)nc1C. The molecule has 1 aromatic carbocycles. The van der Waals surface area contributed by atoms with E-state index >= 15 is 0 Å². The summed E-state index contributed by atoms with van der Waals surface area (Å²) >= 11 is 0. The van der Waals surface area contributed by atoms with Crippen molar-refractivity contribution in [3.8, 4) is 0 Å². The van der Waals surface area contributed by atoms with E-state index in [1.807, 2.05) is 6.07 Å². The van der Waals surface area contributed by atoms with E-state index in [0.29, 0.717) is 28.0 Å². The fourth-order valence-electron chi connectivity index (χ4n) is 2.54. The fraction of sp³-hybridized carbons (Fsp3) is 0.235. The summed E-state index contributed by atoms with van der Waals surface area (Å²) in [7, 11) is 1.80. The van der Waals surface area contributed by atoms with Gasteiger partial charge in [0.15, 0.2) is 5.78 Å². The van der Waals surface area contributed by atoms with Crippen molar-refractivity contribution in [1.82, 2.24) is 25.3 Å².